The molecule has 4 aromatic rings. The largest absolute Gasteiger partial charge is 0.461 e. The number of nitrogens with one attached hydrogen (secondary N) is 1. The zero-order valence-electron chi connectivity index (χ0n) is 29.3. The second-order valence-electron chi connectivity index (χ2n) is 15.2. The number of anilines is 1. The third-order valence-corrected chi connectivity index (χ3v) is 11.8. The molecule has 274 valence electrons. The molecule has 7 heterocycles. The van der Waals surface area contributed by atoms with Gasteiger partial charge in [0.25, 0.3) is 0 Å². The van der Waals surface area contributed by atoms with Crippen molar-refractivity contribution in [2.24, 2.45) is 0 Å². The number of carbonyl (C=O) groups is 1. The molecule has 53 heavy (non-hydrogen) atoms. The summed E-state index contributed by atoms with van der Waals surface area (Å²) in [4.78, 5) is 32.7. The highest BCUT2D eigenvalue weighted by Gasteiger charge is 2.51. The number of amides is 1. The van der Waals surface area contributed by atoms with E-state index >= 15 is 4.39 Å². The lowest BCUT2D eigenvalue weighted by Crippen LogP contribution is -2.51. The summed E-state index contributed by atoms with van der Waals surface area (Å²) in [6.07, 6.45) is 10.5. The van der Waals surface area contributed by atoms with Crippen molar-refractivity contribution in [3.63, 3.8) is 0 Å². The molecule has 0 saturated carbocycles. The molecule has 5 saturated heterocycles. The van der Waals surface area contributed by atoms with E-state index in [9.17, 15) is 13.6 Å². The first-order valence-corrected chi connectivity index (χ1v) is 18.4. The van der Waals surface area contributed by atoms with E-state index in [0.717, 1.165) is 31.3 Å². The van der Waals surface area contributed by atoms with Gasteiger partial charge in [0.1, 0.15) is 42.2 Å². The Morgan fingerprint density at radius 1 is 1.09 bits per heavy atom. The molecular weight excluding hydrogens is 683 g/mol. The number of halogens is 3. The normalized spacial score (nSPS) is 26.8. The lowest BCUT2D eigenvalue weighted by molar-refractivity contribution is 0.0459. The average Bonchev–Trinajstić information content (AvgIpc) is 3.92. The van der Waals surface area contributed by atoms with Gasteiger partial charge in [0.15, 0.2) is 5.82 Å². The number of aromatic nitrogens is 3. The van der Waals surface area contributed by atoms with Crippen LogP contribution in [0.3, 0.4) is 0 Å². The molecule has 0 spiro atoms. The van der Waals surface area contributed by atoms with Crippen LogP contribution in [0.25, 0.3) is 32.9 Å². The van der Waals surface area contributed by atoms with Crippen molar-refractivity contribution in [1.29, 1.82) is 0 Å². The predicted molar refractivity (Wildman–Crippen MR) is 194 cm³/mol. The van der Waals surface area contributed by atoms with Gasteiger partial charge in [-0.25, -0.2) is 18.0 Å². The SMILES string of the molecule is C#Cc1c(F)ccc2cccc(-c3ncc4c(N5CC6CCC(C5)N6)nc(OC[C@@]56CC[C@@H](COC(=O)N7CCC(F)C7)N5CC(=C)C6)nc4c3F)c12. The molecule has 2 bridgehead atoms. The van der Waals surface area contributed by atoms with Crippen LogP contribution in [-0.2, 0) is 4.74 Å². The maximum atomic E-state index is 17.0. The highest BCUT2D eigenvalue weighted by atomic mass is 19.1. The van der Waals surface area contributed by atoms with Gasteiger partial charge in [0.2, 0.25) is 0 Å². The van der Waals surface area contributed by atoms with E-state index in [2.05, 4.69) is 37.6 Å². The predicted octanol–water partition coefficient (Wildman–Crippen LogP) is 5.77. The number of likely N-dealkylation sites (tertiary alicyclic amines) is 1. The fourth-order valence-corrected chi connectivity index (χ4v) is 9.27. The van der Waals surface area contributed by atoms with Crippen molar-refractivity contribution in [2.45, 2.75) is 68.4 Å². The zero-order valence-corrected chi connectivity index (χ0v) is 29.3. The number of hydrogen-bond acceptors (Lipinski definition) is 9. The standard InChI is InChI=1S/C40H40F3N7O3/c1-3-29-32(42)10-7-24-5-4-6-30(33(24)29)35-34(43)36-31(16-44-35)37(49-19-26-8-9-27(20-49)45-26)47-38(46-36)53-22-40-13-11-28(50(40)17-23(2)15-40)21-52-39(51)48-14-12-25(41)18-48/h1,4-7,10,16,25-28,45H,2,8-9,11-15,17-22H2/t25?,26?,27?,28-,40-/m0/s1. The van der Waals surface area contributed by atoms with E-state index < -0.39 is 29.4 Å². The molecule has 1 N–H and O–H groups in total. The first-order chi connectivity index (χ1) is 25.7. The van der Waals surface area contributed by atoms with Crippen molar-refractivity contribution in [1.82, 2.24) is 30.1 Å². The molecule has 3 unspecified atom stereocenters. The lowest BCUT2D eigenvalue weighted by atomic mass is 9.94. The lowest BCUT2D eigenvalue weighted by Gasteiger charge is -2.35. The highest BCUT2D eigenvalue weighted by molar-refractivity contribution is 6.02. The van der Waals surface area contributed by atoms with Gasteiger partial charge in [-0.3, -0.25) is 9.88 Å². The van der Waals surface area contributed by atoms with E-state index in [1.54, 1.807) is 30.5 Å². The van der Waals surface area contributed by atoms with Crippen molar-refractivity contribution in [3.05, 3.63) is 65.9 Å². The number of piperazine rings is 1. The topological polar surface area (TPSA) is 96.0 Å². The molecule has 5 aliphatic heterocycles. The van der Waals surface area contributed by atoms with E-state index in [-0.39, 0.29) is 48.6 Å². The van der Waals surface area contributed by atoms with Gasteiger partial charge in [-0.05, 0) is 50.0 Å². The van der Waals surface area contributed by atoms with Crippen LogP contribution in [0, 0.1) is 24.0 Å². The Balaban J connectivity index is 1.05. The summed E-state index contributed by atoms with van der Waals surface area (Å²) in [6, 6.07) is 8.74. The molecule has 5 atom stereocenters. The highest BCUT2D eigenvalue weighted by Crippen LogP contribution is 2.45. The Morgan fingerprint density at radius 3 is 2.70 bits per heavy atom. The number of terminal acetylenes is 1. The van der Waals surface area contributed by atoms with E-state index in [1.165, 1.54) is 11.0 Å². The van der Waals surface area contributed by atoms with Gasteiger partial charge < -0.3 is 24.6 Å². The van der Waals surface area contributed by atoms with E-state index in [0.29, 0.717) is 78.6 Å². The molecule has 2 aromatic carbocycles. The summed E-state index contributed by atoms with van der Waals surface area (Å²) in [6.45, 7) is 7.12. The van der Waals surface area contributed by atoms with Gasteiger partial charge in [0.05, 0.1) is 23.0 Å². The monoisotopic (exact) mass is 723 g/mol. The maximum Gasteiger partial charge on any atom is 0.409 e. The molecule has 13 heteroatoms. The Bertz CT molecular complexity index is 2180. The number of benzene rings is 2. The molecule has 2 aromatic heterocycles. The number of rotatable bonds is 7. The van der Waals surface area contributed by atoms with Crippen molar-refractivity contribution >= 4 is 33.6 Å². The first kappa shape index (κ1) is 33.9. The number of nitrogens with zero attached hydrogens (tertiary/aromatic N) is 6. The number of fused-ring (bicyclic) bond motifs is 5. The summed E-state index contributed by atoms with van der Waals surface area (Å²) >= 11 is 0. The third kappa shape index (κ3) is 5.92. The number of carbonyl (C=O) groups excluding carboxylic acids is 1. The van der Waals surface area contributed by atoms with E-state index in [4.69, 9.17) is 20.9 Å². The van der Waals surface area contributed by atoms with Crippen LogP contribution in [0.4, 0.5) is 23.8 Å². The number of pyridine rings is 1. The average molecular weight is 724 g/mol. The number of ether oxygens (including phenoxy) is 2. The molecule has 0 aliphatic carbocycles. The van der Waals surface area contributed by atoms with Crippen LogP contribution < -0.4 is 15.0 Å². The third-order valence-electron chi connectivity index (χ3n) is 11.8. The maximum absolute atomic E-state index is 17.0. The molecule has 0 radical (unpaired) electrons. The Labute approximate surface area is 305 Å². The van der Waals surface area contributed by atoms with Gasteiger partial charge >= 0.3 is 12.1 Å². The summed E-state index contributed by atoms with van der Waals surface area (Å²) in [5.74, 6) is 1.74. The smallest absolute Gasteiger partial charge is 0.409 e. The second-order valence-corrected chi connectivity index (χ2v) is 15.2. The molecular formula is C40H40F3N7O3. The Hall–Kier alpha value is -4.93. The summed E-state index contributed by atoms with van der Waals surface area (Å²) in [7, 11) is 0. The zero-order chi connectivity index (χ0) is 36.4. The van der Waals surface area contributed by atoms with Crippen molar-refractivity contribution < 1.29 is 27.4 Å². The quantitative estimate of drug-likeness (QED) is 0.189. The minimum Gasteiger partial charge on any atom is -0.461 e. The minimum absolute atomic E-state index is 0.00203. The van der Waals surface area contributed by atoms with Gasteiger partial charge in [0, 0.05) is 61.5 Å². The van der Waals surface area contributed by atoms with Gasteiger partial charge in [-0.1, -0.05) is 42.3 Å². The Morgan fingerprint density at radius 2 is 1.92 bits per heavy atom. The fourth-order valence-electron chi connectivity index (χ4n) is 9.27. The first-order valence-electron chi connectivity index (χ1n) is 18.4. The molecule has 5 fully saturated rings. The molecule has 9 rings (SSSR count). The van der Waals surface area contributed by atoms with Crippen LogP contribution in [0.5, 0.6) is 6.01 Å². The second kappa shape index (κ2) is 13.2. The summed E-state index contributed by atoms with van der Waals surface area (Å²) in [5.41, 5.74) is 1.07. The number of hydrogen-bond donors (Lipinski definition) is 1. The van der Waals surface area contributed by atoms with Crippen LogP contribution in [-0.4, -0.2) is 107 Å². The van der Waals surface area contributed by atoms with Crippen molar-refractivity contribution in [3.8, 4) is 29.6 Å². The van der Waals surface area contributed by atoms with Crippen LogP contribution in [0.1, 0.15) is 44.1 Å². The number of alkyl halides is 1. The van der Waals surface area contributed by atoms with Crippen molar-refractivity contribution in [2.75, 3.05) is 50.8 Å². The Kier molecular flexibility index (Phi) is 8.42. The van der Waals surface area contributed by atoms with Gasteiger partial charge in [-0.15, -0.1) is 6.42 Å². The van der Waals surface area contributed by atoms with Crippen LogP contribution in [0.15, 0.2) is 48.7 Å². The summed E-state index contributed by atoms with van der Waals surface area (Å²) < 4.78 is 57.7. The van der Waals surface area contributed by atoms with Crippen LogP contribution in [0.2, 0.25) is 0 Å². The van der Waals surface area contributed by atoms with Crippen LogP contribution >= 0.6 is 0 Å². The molecule has 10 nitrogen and oxygen atoms in total. The minimum atomic E-state index is -1.01. The fraction of sp³-hybridized carbons (Fsp3) is 0.450. The molecule has 5 aliphatic rings. The molecule has 1 amide bonds. The summed E-state index contributed by atoms with van der Waals surface area (Å²) in [5, 5.41) is 5.16. The van der Waals surface area contributed by atoms with Gasteiger partial charge in [-0.2, -0.15) is 9.97 Å². The van der Waals surface area contributed by atoms with E-state index in [1.807, 2.05) is 0 Å².